The van der Waals surface area contributed by atoms with Crippen LogP contribution in [0.5, 0.6) is 5.75 Å². The van der Waals surface area contributed by atoms with Crippen LogP contribution >= 0.6 is 0 Å². The summed E-state index contributed by atoms with van der Waals surface area (Å²) < 4.78 is 5.52. The van der Waals surface area contributed by atoms with Crippen molar-refractivity contribution >= 4 is 5.69 Å². The molecule has 29 heavy (non-hydrogen) atoms. The topological polar surface area (TPSA) is 83.5 Å². The van der Waals surface area contributed by atoms with E-state index in [0.29, 0.717) is 16.9 Å². The molecular formula is C23H26N4O2. The van der Waals surface area contributed by atoms with Gasteiger partial charge in [0, 0.05) is 32.2 Å². The number of benzene rings is 2. The smallest absolute Gasteiger partial charge is 0.120 e. The van der Waals surface area contributed by atoms with Gasteiger partial charge in [-0.15, -0.1) is 0 Å². The van der Waals surface area contributed by atoms with Crippen molar-refractivity contribution in [1.82, 2.24) is 4.90 Å². The summed E-state index contributed by atoms with van der Waals surface area (Å²) in [5.74, 6) is 0.597. The summed E-state index contributed by atoms with van der Waals surface area (Å²) in [7, 11) is 0. The Morgan fingerprint density at radius 3 is 2.28 bits per heavy atom. The van der Waals surface area contributed by atoms with E-state index < -0.39 is 6.10 Å². The molecule has 1 heterocycles. The maximum atomic E-state index is 9.57. The van der Waals surface area contributed by atoms with Crippen LogP contribution in [0.1, 0.15) is 36.6 Å². The third-order valence-corrected chi connectivity index (χ3v) is 5.30. The fourth-order valence-electron chi connectivity index (χ4n) is 3.58. The molecule has 0 bridgehead atoms. The third kappa shape index (κ3) is 5.06. The zero-order valence-corrected chi connectivity index (χ0v) is 16.9. The van der Waals surface area contributed by atoms with Gasteiger partial charge in [0.25, 0.3) is 0 Å². The molecule has 1 aliphatic heterocycles. The lowest BCUT2D eigenvalue weighted by atomic mass is 10.0. The molecule has 0 aromatic heterocycles. The number of anilines is 1. The minimum atomic E-state index is -0.550. The van der Waals surface area contributed by atoms with Gasteiger partial charge in [-0.05, 0) is 49.7 Å². The summed E-state index contributed by atoms with van der Waals surface area (Å²) in [4.78, 5) is 4.66. The molecule has 1 aliphatic rings. The molecule has 1 fully saturated rings. The summed E-state index contributed by atoms with van der Waals surface area (Å²) in [6.45, 7) is 7.52. The molecule has 0 spiro atoms. The summed E-state index contributed by atoms with van der Waals surface area (Å²) >= 11 is 0. The minimum absolute atomic E-state index is 0.204. The Kier molecular flexibility index (Phi) is 6.72. The van der Waals surface area contributed by atoms with Gasteiger partial charge in [0.1, 0.15) is 18.4 Å². The summed E-state index contributed by atoms with van der Waals surface area (Å²) in [5, 5.41) is 27.9. The lowest BCUT2D eigenvalue weighted by molar-refractivity contribution is 0.122. The summed E-state index contributed by atoms with van der Waals surface area (Å²) in [5.41, 5.74) is 3.38. The maximum Gasteiger partial charge on any atom is 0.120 e. The van der Waals surface area contributed by atoms with Gasteiger partial charge in [-0.3, -0.25) is 4.90 Å². The Hall–Kier alpha value is -3.06. The van der Waals surface area contributed by atoms with E-state index in [0.717, 1.165) is 31.9 Å². The molecule has 0 amide bonds. The average Bonchev–Trinajstić information content (AvgIpc) is 2.77. The lowest BCUT2D eigenvalue weighted by Crippen LogP contribution is -2.47. The van der Waals surface area contributed by atoms with Gasteiger partial charge in [-0.2, -0.15) is 10.5 Å². The fourth-order valence-corrected chi connectivity index (χ4v) is 3.58. The average molecular weight is 390 g/mol. The molecule has 2 aromatic carbocycles. The van der Waals surface area contributed by atoms with Crippen molar-refractivity contribution in [2.45, 2.75) is 26.0 Å². The molecular weight excluding hydrogens is 364 g/mol. The molecule has 1 saturated heterocycles. The first-order valence-electron chi connectivity index (χ1n) is 9.86. The Labute approximate surface area is 172 Å². The molecule has 0 aliphatic carbocycles. The fraction of sp³-hybridized carbons (Fsp3) is 0.391. The van der Waals surface area contributed by atoms with Crippen LogP contribution in [0.25, 0.3) is 0 Å². The number of rotatable bonds is 6. The van der Waals surface area contributed by atoms with E-state index in [1.54, 1.807) is 13.0 Å². The second-order valence-electron chi connectivity index (χ2n) is 7.38. The third-order valence-electron chi connectivity index (χ3n) is 5.30. The number of piperazine rings is 1. The Morgan fingerprint density at radius 1 is 1.00 bits per heavy atom. The SMILES string of the molecule is CC(O)COc1ccc(N2CCN(C(C)c3ccc(C#N)cc3)CC2)c(C#N)c1. The molecule has 2 atom stereocenters. The minimum Gasteiger partial charge on any atom is -0.491 e. The van der Waals surface area contributed by atoms with Crippen molar-refractivity contribution in [1.29, 1.82) is 10.5 Å². The van der Waals surface area contributed by atoms with Gasteiger partial charge in [0.2, 0.25) is 0 Å². The first kappa shape index (κ1) is 20.7. The van der Waals surface area contributed by atoms with Crippen LogP contribution in [-0.4, -0.2) is 48.9 Å². The first-order chi connectivity index (χ1) is 14.0. The highest BCUT2D eigenvalue weighted by Gasteiger charge is 2.23. The number of aliphatic hydroxyl groups is 1. The molecule has 150 valence electrons. The van der Waals surface area contributed by atoms with Crippen molar-refractivity contribution in [3.8, 4) is 17.9 Å². The van der Waals surface area contributed by atoms with Crippen LogP contribution in [-0.2, 0) is 0 Å². The van der Waals surface area contributed by atoms with E-state index in [-0.39, 0.29) is 12.6 Å². The van der Waals surface area contributed by atoms with Crippen molar-refractivity contribution in [2.75, 3.05) is 37.7 Å². The Balaban J connectivity index is 1.64. The van der Waals surface area contributed by atoms with Gasteiger partial charge in [0.15, 0.2) is 0 Å². The van der Waals surface area contributed by atoms with E-state index in [9.17, 15) is 10.4 Å². The van der Waals surface area contributed by atoms with Crippen LogP contribution in [0.15, 0.2) is 42.5 Å². The van der Waals surface area contributed by atoms with E-state index in [2.05, 4.69) is 28.9 Å². The highest BCUT2D eigenvalue weighted by Crippen LogP contribution is 2.28. The quantitative estimate of drug-likeness (QED) is 0.816. The zero-order chi connectivity index (χ0) is 20.8. The number of hydrogen-bond donors (Lipinski definition) is 1. The molecule has 3 rings (SSSR count). The van der Waals surface area contributed by atoms with Crippen LogP contribution in [0.3, 0.4) is 0 Å². The normalized spacial score (nSPS) is 16.5. The van der Waals surface area contributed by atoms with Crippen molar-refractivity contribution < 1.29 is 9.84 Å². The van der Waals surface area contributed by atoms with Crippen LogP contribution in [0.2, 0.25) is 0 Å². The maximum absolute atomic E-state index is 9.57. The van der Waals surface area contributed by atoms with Crippen LogP contribution < -0.4 is 9.64 Å². The predicted octanol–water partition coefficient (Wildman–Crippen LogP) is 3.07. The molecule has 2 aromatic rings. The molecule has 2 unspecified atom stereocenters. The van der Waals surface area contributed by atoms with E-state index in [4.69, 9.17) is 10.00 Å². The van der Waals surface area contributed by atoms with Gasteiger partial charge >= 0.3 is 0 Å². The summed E-state index contributed by atoms with van der Waals surface area (Å²) in [6, 6.07) is 18.0. The molecule has 6 nitrogen and oxygen atoms in total. The zero-order valence-electron chi connectivity index (χ0n) is 16.9. The van der Waals surface area contributed by atoms with Gasteiger partial charge < -0.3 is 14.7 Å². The number of aliphatic hydroxyl groups excluding tert-OH is 1. The molecule has 6 heteroatoms. The molecule has 0 radical (unpaired) electrons. The van der Waals surface area contributed by atoms with Gasteiger partial charge in [-0.1, -0.05) is 12.1 Å². The second kappa shape index (κ2) is 9.43. The second-order valence-corrected chi connectivity index (χ2v) is 7.38. The number of ether oxygens (including phenoxy) is 1. The Morgan fingerprint density at radius 2 is 1.69 bits per heavy atom. The van der Waals surface area contributed by atoms with E-state index in [1.165, 1.54) is 5.56 Å². The largest absolute Gasteiger partial charge is 0.491 e. The predicted molar refractivity (Wildman–Crippen MR) is 112 cm³/mol. The van der Waals surface area contributed by atoms with E-state index >= 15 is 0 Å². The number of nitrogens with zero attached hydrogens (tertiary/aromatic N) is 4. The van der Waals surface area contributed by atoms with Crippen molar-refractivity contribution in [2.24, 2.45) is 0 Å². The lowest BCUT2D eigenvalue weighted by Gasteiger charge is -2.39. The first-order valence-corrected chi connectivity index (χ1v) is 9.86. The van der Waals surface area contributed by atoms with Gasteiger partial charge in [-0.25, -0.2) is 0 Å². The van der Waals surface area contributed by atoms with E-state index in [1.807, 2.05) is 36.4 Å². The van der Waals surface area contributed by atoms with Gasteiger partial charge in [0.05, 0.1) is 29.0 Å². The van der Waals surface area contributed by atoms with Crippen molar-refractivity contribution in [3.05, 3.63) is 59.2 Å². The Bertz CT molecular complexity index is 904. The molecule has 0 saturated carbocycles. The van der Waals surface area contributed by atoms with Crippen LogP contribution in [0.4, 0.5) is 5.69 Å². The highest BCUT2D eigenvalue weighted by molar-refractivity contribution is 5.62. The number of nitriles is 2. The molecule has 1 N–H and O–H groups in total. The number of hydrogen-bond acceptors (Lipinski definition) is 6. The monoisotopic (exact) mass is 390 g/mol. The highest BCUT2D eigenvalue weighted by atomic mass is 16.5. The van der Waals surface area contributed by atoms with Crippen molar-refractivity contribution in [3.63, 3.8) is 0 Å². The summed E-state index contributed by atoms with van der Waals surface area (Å²) in [6.07, 6.45) is -0.550. The standard InChI is InChI=1S/C23H26N4O2/c1-17(28)16-29-22-7-8-23(21(13-22)15-25)27-11-9-26(10-12-27)18(2)20-5-3-19(14-24)4-6-20/h3-8,13,17-18,28H,9-12,16H2,1-2H3. The van der Waals surface area contributed by atoms with Crippen LogP contribution in [0, 0.1) is 22.7 Å².